The minimum absolute atomic E-state index is 0.811. The van der Waals surface area contributed by atoms with Crippen LogP contribution in [0.25, 0.3) is 0 Å². The van der Waals surface area contributed by atoms with Gasteiger partial charge in [0.2, 0.25) is 0 Å². The molecule has 0 bridgehead atoms. The molecule has 0 spiro atoms. The van der Waals surface area contributed by atoms with E-state index in [0.717, 1.165) is 18.8 Å². The normalized spacial score (nSPS) is 10.4. The van der Waals surface area contributed by atoms with Gasteiger partial charge in [0.15, 0.2) is 0 Å². The van der Waals surface area contributed by atoms with Crippen molar-refractivity contribution in [1.29, 1.82) is 0 Å². The van der Waals surface area contributed by atoms with Crippen LogP contribution in [0.4, 0.5) is 5.69 Å². The Bertz CT molecular complexity index is 628. The highest BCUT2D eigenvalue weighted by atomic mass is 15.3. The fourth-order valence-electron chi connectivity index (χ4n) is 2.11. The van der Waals surface area contributed by atoms with Gasteiger partial charge >= 0.3 is 0 Å². The van der Waals surface area contributed by atoms with Crippen LogP contribution in [0.1, 0.15) is 11.1 Å². The second-order valence-corrected chi connectivity index (χ2v) is 4.74. The van der Waals surface area contributed by atoms with Gasteiger partial charge in [-0.05, 0) is 29.3 Å². The van der Waals surface area contributed by atoms with Gasteiger partial charge in [-0.3, -0.25) is 4.68 Å². The van der Waals surface area contributed by atoms with E-state index in [1.165, 1.54) is 11.1 Å². The lowest BCUT2D eigenvalue weighted by Crippen LogP contribution is -2.01. The number of aromatic nitrogens is 2. The summed E-state index contributed by atoms with van der Waals surface area (Å²) < 4.78 is 1.92. The predicted octanol–water partition coefficient (Wildman–Crippen LogP) is 3.54. The third kappa shape index (κ3) is 3.26. The summed E-state index contributed by atoms with van der Waals surface area (Å²) in [5.74, 6) is 0. The Morgan fingerprint density at radius 3 is 2.35 bits per heavy atom. The molecule has 0 radical (unpaired) electrons. The first-order chi connectivity index (χ1) is 9.90. The molecule has 3 heteroatoms. The Hall–Kier alpha value is -2.55. The maximum atomic E-state index is 4.21. The number of hydrogen-bond acceptors (Lipinski definition) is 2. The van der Waals surface area contributed by atoms with Crippen molar-refractivity contribution in [3.63, 3.8) is 0 Å². The van der Waals surface area contributed by atoms with Gasteiger partial charge in [-0.15, -0.1) is 0 Å². The fraction of sp³-hybridized carbons (Fsp3) is 0.118. The molecule has 0 saturated carbocycles. The van der Waals surface area contributed by atoms with Gasteiger partial charge in [0.1, 0.15) is 0 Å². The number of benzene rings is 2. The lowest BCUT2D eigenvalue weighted by atomic mass is 10.2. The molecule has 20 heavy (non-hydrogen) atoms. The van der Waals surface area contributed by atoms with Crippen molar-refractivity contribution in [1.82, 2.24) is 9.78 Å². The first kappa shape index (κ1) is 12.5. The highest BCUT2D eigenvalue weighted by Gasteiger charge is 1.97. The molecule has 3 aromatic rings. The van der Waals surface area contributed by atoms with Gasteiger partial charge in [0, 0.05) is 24.6 Å². The van der Waals surface area contributed by atoms with Crippen LogP contribution in [0.5, 0.6) is 0 Å². The van der Waals surface area contributed by atoms with E-state index in [0.29, 0.717) is 0 Å². The molecule has 0 fully saturated rings. The van der Waals surface area contributed by atoms with Crippen LogP contribution in [0.2, 0.25) is 0 Å². The third-order valence-electron chi connectivity index (χ3n) is 3.20. The van der Waals surface area contributed by atoms with Gasteiger partial charge in [0.05, 0.1) is 6.54 Å². The molecule has 0 saturated heterocycles. The molecule has 0 aliphatic heterocycles. The number of nitrogens with zero attached hydrogens (tertiary/aromatic N) is 2. The minimum atomic E-state index is 0.811. The van der Waals surface area contributed by atoms with Crippen molar-refractivity contribution in [3.05, 3.63) is 84.2 Å². The maximum absolute atomic E-state index is 4.21. The maximum Gasteiger partial charge on any atom is 0.0659 e. The average Bonchev–Trinajstić information content (AvgIpc) is 3.01. The molecule has 0 aliphatic carbocycles. The molecule has 1 heterocycles. The van der Waals surface area contributed by atoms with Crippen molar-refractivity contribution in [3.8, 4) is 0 Å². The molecule has 0 aliphatic rings. The standard InChI is InChI=1S/C17H17N3/c1-2-5-15(6-3-1)13-18-17-9-7-16(8-10-17)14-20-12-4-11-19-20/h1-12,18H,13-14H2. The highest BCUT2D eigenvalue weighted by molar-refractivity contribution is 5.45. The smallest absolute Gasteiger partial charge is 0.0659 e. The van der Waals surface area contributed by atoms with E-state index in [9.17, 15) is 0 Å². The molecular formula is C17H17N3. The fourth-order valence-corrected chi connectivity index (χ4v) is 2.11. The van der Waals surface area contributed by atoms with Crippen LogP contribution in [0.3, 0.4) is 0 Å². The van der Waals surface area contributed by atoms with Gasteiger partial charge in [0.25, 0.3) is 0 Å². The van der Waals surface area contributed by atoms with E-state index in [2.05, 4.69) is 58.9 Å². The number of nitrogens with one attached hydrogen (secondary N) is 1. The molecule has 3 rings (SSSR count). The lowest BCUT2D eigenvalue weighted by Gasteiger charge is -2.08. The molecule has 1 aromatic heterocycles. The monoisotopic (exact) mass is 263 g/mol. The summed E-state index contributed by atoms with van der Waals surface area (Å²) in [5.41, 5.74) is 3.67. The van der Waals surface area contributed by atoms with Crippen LogP contribution in [-0.4, -0.2) is 9.78 Å². The van der Waals surface area contributed by atoms with Crippen LogP contribution in [-0.2, 0) is 13.1 Å². The third-order valence-corrected chi connectivity index (χ3v) is 3.20. The van der Waals surface area contributed by atoms with Crippen molar-refractivity contribution >= 4 is 5.69 Å². The summed E-state index contributed by atoms with van der Waals surface area (Å²) in [7, 11) is 0. The molecule has 1 N–H and O–H groups in total. The van der Waals surface area contributed by atoms with Crippen LogP contribution >= 0.6 is 0 Å². The van der Waals surface area contributed by atoms with Crippen LogP contribution < -0.4 is 5.32 Å². The van der Waals surface area contributed by atoms with E-state index in [4.69, 9.17) is 0 Å². The van der Waals surface area contributed by atoms with Gasteiger partial charge in [-0.1, -0.05) is 42.5 Å². The van der Waals surface area contributed by atoms with Crippen molar-refractivity contribution in [2.45, 2.75) is 13.1 Å². The second kappa shape index (κ2) is 6.06. The molecule has 3 nitrogen and oxygen atoms in total. The van der Waals surface area contributed by atoms with Gasteiger partial charge in [-0.2, -0.15) is 5.10 Å². The van der Waals surface area contributed by atoms with E-state index >= 15 is 0 Å². The summed E-state index contributed by atoms with van der Waals surface area (Å²) in [6.07, 6.45) is 3.78. The Labute approximate surface area is 118 Å². The van der Waals surface area contributed by atoms with E-state index < -0.39 is 0 Å². The zero-order valence-electron chi connectivity index (χ0n) is 11.2. The zero-order chi connectivity index (χ0) is 13.6. The highest BCUT2D eigenvalue weighted by Crippen LogP contribution is 2.12. The van der Waals surface area contributed by atoms with Crippen LogP contribution in [0.15, 0.2) is 73.1 Å². The molecule has 0 atom stereocenters. The summed E-state index contributed by atoms with van der Waals surface area (Å²) in [6.45, 7) is 1.66. The molecule has 2 aromatic carbocycles. The summed E-state index contributed by atoms with van der Waals surface area (Å²) in [6, 6.07) is 20.8. The Kier molecular flexibility index (Phi) is 3.78. The first-order valence-electron chi connectivity index (χ1n) is 6.74. The van der Waals surface area contributed by atoms with E-state index in [1.807, 2.05) is 23.0 Å². The number of anilines is 1. The second-order valence-electron chi connectivity index (χ2n) is 4.74. The van der Waals surface area contributed by atoms with Crippen molar-refractivity contribution < 1.29 is 0 Å². The summed E-state index contributed by atoms with van der Waals surface area (Å²) in [5, 5.41) is 7.64. The number of rotatable bonds is 5. The zero-order valence-corrected chi connectivity index (χ0v) is 11.2. The molecular weight excluding hydrogens is 246 g/mol. The largest absolute Gasteiger partial charge is 0.381 e. The van der Waals surface area contributed by atoms with E-state index in [-0.39, 0.29) is 0 Å². The minimum Gasteiger partial charge on any atom is -0.381 e. The Morgan fingerprint density at radius 2 is 1.65 bits per heavy atom. The lowest BCUT2D eigenvalue weighted by molar-refractivity contribution is 0.687. The quantitative estimate of drug-likeness (QED) is 0.763. The summed E-state index contributed by atoms with van der Waals surface area (Å²) in [4.78, 5) is 0. The van der Waals surface area contributed by atoms with Gasteiger partial charge in [-0.25, -0.2) is 0 Å². The molecule has 0 amide bonds. The predicted molar refractivity (Wildman–Crippen MR) is 81.5 cm³/mol. The Morgan fingerprint density at radius 1 is 0.850 bits per heavy atom. The Balaban J connectivity index is 1.59. The first-order valence-corrected chi connectivity index (χ1v) is 6.74. The SMILES string of the molecule is c1ccc(CNc2ccc(Cn3cccn3)cc2)cc1. The topological polar surface area (TPSA) is 29.9 Å². The van der Waals surface area contributed by atoms with Crippen LogP contribution in [0, 0.1) is 0 Å². The van der Waals surface area contributed by atoms with Crippen molar-refractivity contribution in [2.75, 3.05) is 5.32 Å². The summed E-state index contributed by atoms with van der Waals surface area (Å²) >= 11 is 0. The number of hydrogen-bond donors (Lipinski definition) is 1. The van der Waals surface area contributed by atoms with Gasteiger partial charge < -0.3 is 5.32 Å². The van der Waals surface area contributed by atoms with Crippen molar-refractivity contribution in [2.24, 2.45) is 0 Å². The van der Waals surface area contributed by atoms with E-state index in [1.54, 1.807) is 6.20 Å². The molecule has 100 valence electrons. The molecule has 0 unspecified atom stereocenters. The average molecular weight is 263 g/mol.